The highest BCUT2D eigenvalue weighted by atomic mass is 31.2. The van der Waals surface area contributed by atoms with Gasteiger partial charge in [0.1, 0.15) is 12.7 Å². The predicted octanol–water partition coefficient (Wildman–Crippen LogP) is 8.37. The summed E-state index contributed by atoms with van der Waals surface area (Å²) in [5.74, 6) is -0.621. The molecule has 0 aromatic heterocycles. The molecule has 0 aliphatic rings. The van der Waals surface area contributed by atoms with Crippen LogP contribution in [0.15, 0.2) is 72.9 Å². The molecule has 1 amide bonds. The van der Waals surface area contributed by atoms with E-state index in [1.165, 1.54) is 19.3 Å². The Hall–Kier alpha value is -2.55. The lowest BCUT2D eigenvalue weighted by Gasteiger charge is -2.15. The van der Waals surface area contributed by atoms with Gasteiger partial charge in [-0.1, -0.05) is 119 Å². The molecule has 2 atom stereocenters. The highest BCUT2D eigenvalue weighted by Gasteiger charge is 2.23. The lowest BCUT2D eigenvalue weighted by molar-refractivity contribution is -0.147. The van der Waals surface area contributed by atoms with Crippen molar-refractivity contribution in [1.82, 2.24) is 5.32 Å². The summed E-state index contributed by atoms with van der Waals surface area (Å²) in [6, 6.07) is 0. The van der Waals surface area contributed by atoms with Crippen molar-refractivity contribution in [2.45, 2.75) is 116 Å². The van der Waals surface area contributed by atoms with Crippen LogP contribution in [0.4, 0.5) is 0 Å². The Kier molecular flexibility index (Phi) is 30.6. The third-order valence-electron chi connectivity index (χ3n) is 6.41. The highest BCUT2D eigenvalue weighted by molar-refractivity contribution is 7.47. The normalized spacial score (nSPS) is 14.4. The van der Waals surface area contributed by atoms with Gasteiger partial charge in [-0.05, 0) is 51.4 Å². The van der Waals surface area contributed by atoms with Crippen LogP contribution in [0, 0.1) is 0 Å². The standard InChI is InChI=1S/C36H60NO8P/c1-3-5-7-9-11-12-13-14-15-16-17-18-19-20-21-22-23-25-27-29-36(40)43-32-34(38)33-45-46(41,42)44-31-30-37-35(39)28-26-24-10-8-6-4-2/h5,7,11-12,14-15,17-18,20-21,23,25,34,38H,3-4,6,8-10,13,16,19,22,24,26-33H2,1-2H3,(H,37,39)(H,41,42)/b7-5-,12-11-,15-14-,18-17-,21-20-,25-23-. The molecule has 0 saturated heterocycles. The van der Waals surface area contributed by atoms with Crippen molar-refractivity contribution in [1.29, 1.82) is 0 Å². The van der Waals surface area contributed by atoms with Gasteiger partial charge in [-0.15, -0.1) is 0 Å². The summed E-state index contributed by atoms with van der Waals surface area (Å²) in [6.07, 6.45) is 37.3. The molecule has 0 radical (unpaired) electrons. The molecular weight excluding hydrogens is 605 g/mol. The minimum Gasteiger partial charge on any atom is -0.463 e. The first-order valence-corrected chi connectivity index (χ1v) is 18.4. The second kappa shape index (κ2) is 32.4. The van der Waals surface area contributed by atoms with Crippen LogP contribution in [0.5, 0.6) is 0 Å². The molecule has 3 N–H and O–H groups in total. The first-order chi connectivity index (χ1) is 22.3. The van der Waals surface area contributed by atoms with E-state index in [1.54, 1.807) is 0 Å². The summed E-state index contributed by atoms with van der Waals surface area (Å²) in [6.45, 7) is 3.24. The van der Waals surface area contributed by atoms with Gasteiger partial charge in [0, 0.05) is 19.4 Å². The summed E-state index contributed by atoms with van der Waals surface area (Å²) in [5.41, 5.74) is 0. The monoisotopic (exact) mass is 665 g/mol. The van der Waals surface area contributed by atoms with Gasteiger partial charge in [0.25, 0.3) is 0 Å². The van der Waals surface area contributed by atoms with E-state index >= 15 is 0 Å². The number of ether oxygens (including phenoxy) is 1. The van der Waals surface area contributed by atoms with Crippen LogP contribution in [-0.4, -0.2) is 54.3 Å². The molecule has 0 rings (SSSR count). The van der Waals surface area contributed by atoms with Crippen molar-refractivity contribution in [2.24, 2.45) is 0 Å². The van der Waals surface area contributed by atoms with Gasteiger partial charge >= 0.3 is 13.8 Å². The van der Waals surface area contributed by atoms with Gasteiger partial charge in [-0.2, -0.15) is 0 Å². The zero-order valence-electron chi connectivity index (χ0n) is 28.2. The molecule has 46 heavy (non-hydrogen) atoms. The molecule has 0 heterocycles. The molecule has 0 saturated carbocycles. The maximum Gasteiger partial charge on any atom is 0.472 e. The SMILES string of the molecule is CC/C=C\C/C=C\C/C=C\C/C=C\C/C=C\C/C=C\CCC(=O)OCC(O)COP(=O)(O)OCCNC(=O)CCCCCCCC. The third kappa shape index (κ3) is 32.8. The van der Waals surface area contributed by atoms with Crippen LogP contribution in [-0.2, 0) is 27.9 Å². The van der Waals surface area contributed by atoms with Crippen molar-refractivity contribution in [3.05, 3.63) is 72.9 Å². The van der Waals surface area contributed by atoms with Gasteiger partial charge in [-0.3, -0.25) is 18.6 Å². The Morgan fingerprint density at radius 3 is 1.78 bits per heavy atom. The van der Waals surface area contributed by atoms with E-state index in [0.29, 0.717) is 12.8 Å². The third-order valence-corrected chi connectivity index (χ3v) is 7.40. The number of aliphatic hydroxyl groups excluding tert-OH is 1. The van der Waals surface area contributed by atoms with Crippen LogP contribution in [0.1, 0.15) is 110 Å². The number of amides is 1. The van der Waals surface area contributed by atoms with E-state index in [4.69, 9.17) is 13.8 Å². The molecule has 0 aromatic rings. The lowest BCUT2D eigenvalue weighted by atomic mass is 10.1. The Labute approximate surface area is 278 Å². The van der Waals surface area contributed by atoms with E-state index in [2.05, 4.69) is 79.9 Å². The molecular formula is C36H60NO8P. The Bertz CT molecular complexity index is 986. The number of aliphatic hydroxyl groups is 1. The zero-order valence-corrected chi connectivity index (χ0v) is 29.1. The molecule has 0 aliphatic carbocycles. The number of carbonyl (C=O) groups excluding carboxylic acids is 2. The minimum absolute atomic E-state index is 0.0690. The molecule has 0 bridgehead atoms. The summed E-state index contributed by atoms with van der Waals surface area (Å²) in [5, 5.41) is 12.5. The number of esters is 1. The first-order valence-electron chi connectivity index (χ1n) is 16.9. The van der Waals surface area contributed by atoms with E-state index in [-0.39, 0.29) is 32.1 Å². The number of allylic oxidation sites excluding steroid dienone is 12. The number of hydrogen-bond donors (Lipinski definition) is 3. The molecule has 0 aliphatic heterocycles. The Morgan fingerprint density at radius 1 is 0.696 bits per heavy atom. The molecule has 2 unspecified atom stereocenters. The van der Waals surface area contributed by atoms with E-state index in [9.17, 15) is 24.2 Å². The Morgan fingerprint density at radius 2 is 1.22 bits per heavy atom. The molecule has 10 heteroatoms. The predicted molar refractivity (Wildman–Crippen MR) is 187 cm³/mol. The fourth-order valence-electron chi connectivity index (χ4n) is 3.87. The largest absolute Gasteiger partial charge is 0.472 e. The maximum atomic E-state index is 12.0. The zero-order chi connectivity index (χ0) is 34.0. The van der Waals surface area contributed by atoms with Crippen molar-refractivity contribution in [2.75, 3.05) is 26.4 Å². The van der Waals surface area contributed by atoms with E-state index < -0.39 is 26.5 Å². The lowest BCUT2D eigenvalue weighted by Crippen LogP contribution is -2.27. The quantitative estimate of drug-likeness (QED) is 0.0302. The topological polar surface area (TPSA) is 131 Å². The molecule has 9 nitrogen and oxygen atoms in total. The minimum atomic E-state index is -4.42. The van der Waals surface area contributed by atoms with Gasteiger partial charge in [0.2, 0.25) is 5.91 Å². The van der Waals surface area contributed by atoms with Crippen LogP contribution < -0.4 is 5.32 Å². The van der Waals surface area contributed by atoms with Gasteiger partial charge in [0.05, 0.1) is 13.2 Å². The summed E-state index contributed by atoms with van der Waals surface area (Å²) in [4.78, 5) is 33.4. The maximum absolute atomic E-state index is 12.0. The van der Waals surface area contributed by atoms with Gasteiger partial charge in [-0.25, -0.2) is 4.57 Å². The highest BCUT2D eigenvalue weighted by Crippen LogP contribution is 2.42. The summed E-state index contributed by atoms with van der Waals surface area (Å²) >= 11 is 0. The number of rotatable bonds is 30. The van der Waals surface area contributed by atoms with Gasteiger partial charge < -0.3 is 20.1 Å². The number of unbranched alkanes of at least 4 members (excludes halogenated alkanes) is 5. The fraction of sp³-hybridized carbons (Fsp3) is 0.611. The smallest absolute Gasteiger partial charge is 0.463 e. The van der Waals surface area contributed by atoms with Crippen molar-refractivity contribution < 1.29 is 37.9 Å². The van der Waals surface area contributed by atoms with Crippen molar-refractivity contribution in [3.8, 4) is 0 Å². The fourth-order valence-corrected chi connectivity index (χ4v) is 4.63. The summed E-state index contributed by atoms with van der Waals surface area (Å²) in [7, 11) is -4.42. The van der Waals surface area contributed by atoms with Gasteiger partial charge in [0.15, 0.2) is 0 Å². The molecule has 262 valence electrons. The first kappa shape index (κ1) is 43.5. The number of hydrogen-bond acceptors (Lipinski definition) is 7. The Balaban J connectivity index is 3.81. The van der Waals surface area contributed by atoms with Crippen LogP contribution in [0.3, 0.4) is 0 Å². The second-order valence-electron chi connectivity index (χ2n) is 10.8. The molecule has 0 spiro atoms. The van der Waals surface area contributed by atoms with Crippen LogP contribution in [0.25, 0.3) is 0 Å². The van der Waals surface area contributed by atoms with Crippen LogP contribution in [0.2, 0.25) is 0 Å². The number of nitrogens with one attached hydrogen (secondary N) is 1. The molecule has 0 aromatic carbocycles. The van der Waals surface area contributed by atoms with Crippen molar-refractivity contribution >= 4 is 19.7 Å². The van der Waals surface area contributed by atoms with E-state index in [1.807, 2.05) is 12.2 Å². The number of phosphoric acid groups is 1. The van der Waals surface area contributed by atoms with Crippen molar-refractivity contribution in [3.63, 3.8) is 0 Å². The molecule has 0 fully saturated rings. The number of carbonyl (C=O) groups is 2. The number of phosphoric ester groups is 1. The summed E-state index contributed by atoms with van der Waals surface area (Å²) < 4.78 is 26.5. The average Bonchev–Trinajstić information content (AvgIpc) is 3.04. The van der Waals surface area contributed by atoms with E-state index in [0.717, 1.165) is 57.8 Å². The van der Waals surface area contributed by atoms with Crippen LogP contribution >= 0.6 is 7.82 Å². The second-order valence-corrected chi connectivity index (χ2v) is 12.2. The average molecular weight is 666 g/mol.